The Morgan fingerprint density at radius 1 is 1.00 bits per heavy atom. The molecule has 2 aromatic carbocycles. The van der Waals surface area contributed by atoms with Crippen LogP contribution >= 0.6 is 0 Å². The molecule has 0 spiro atoms. The fourth-order valence-corrected chi connectivity index (χ4v) is 2.31. The molecule has 0 N–H and O–H groups in total. The highest BCUT2D eigenvalue weighted by Crippen LogP contribution is 2.21. The van der Waals surface area contributed by atoms with Crippen LogP contribution < -0.4 is 4.90 Å². The van der Waals surface area contributed by atoms with Gasteiger partial charge in [-0.25, -0.2) is 13.2 Å². The second-order valence-corrected chi connectivity index (χ2v) is 5.69. The van der Waals surface area contributed by atoms with E-state index < -0.39 is 17.7 Å². The van der Waals surface area contributed by atoms with E-state index in [0.717, 1.165) is 12.1 Å². The predicted octanol–water partition coefficient (Wildman–Crippen LogP) is 3.76. The fourth-order valence-electron chi connectivity index (χ4n) is 2.31. The Labute approximate surface area is 139 Å². The molecule has 2 rings (SSSR count). The molecule has 0 heterocycles. The summed E-state index contributed by atoms with van der Waals surface area (Å²) in [5, 5.41) is 0. The van der Waals surface area contributed by atoms with Crippen LogP contribution in [-0.4, -0.2) is 31.4 Å². The average Bonchev–Trinajstić information content (AvgIpc) is 2.56. The minimum atomic E-state index is -0.941. The topological polar surface area (TPSA) is 23.6 Å². The van der Waals surface area contributed by atoms with E-state index in [1.165, 1.54) is 23.1 Å². The Hall–Kier alpha value is -2.50. The number of benzene rings is 2. The Morgan fingerprint density at radius 2 is 1.62 bits per heavy atom. The average molecular weight is 336 g/mol. The van der Waals surface area contributed by atoms with Crippen LogP contribution in [0.4, 0.5) is 18.9 Å². The number of anilines is 1. The third-order valence-corrected chi connectivity index (χ3v) is 4.04. The maximum absolute atomic E-state index is 13.4. The van der Waals surface area contributed by atoms with E-state index in [0.29, 0.717) is 11.3 Å². The third-order valence-electron chi connectivity index (χ3n) is 4.04. The lowest BCUT2D eigenvalue weighted by Crippen LogP contribution is -2.38. The van der Waals surface area contributed by atoms with E-state index in [2.05, 4.69) is 0 Å². The van der Waals surface area contributed by atoms with Gasteiger partial charge in [0.05, 0.1) is 12.6 Å². The first-order valence-electron chi connectivity index (χ1n) is 7.47. The van der Waals surface area contributed by atoms with Crippen molar-refractivity contribution >= 4 is 11.6 Å². The minimum absolute atomic E-state index is 0.0795. The van der Waals surface area contributed by atoms with Crippen LogP contribution in [0.25, 0.3) is 0 Å². The van der Waals surface area contributed by atoms with E-state index in [1.807, 2.05) is 0 Å². The number of rotatable bonds is 5. The van der Waals surface area contributed by atoms with Crippen LogP contribution in [0.15, 0.2) is 42.5 Å². The largest absolute Gasteiger partial charge is 0.365 e. The first-order valence-corrected chi connectivity index (χ1v) is 7.47. The van der Waals surface area contributed by atoms with Crippen molar-refractivity contribution < 1.29 is 18.0 Å². The summed E-state index contributed by atoms with van der Waals surface area (Å²) in [5.74, 6) is -2.40. The highest BCUT2D eigenvalue weighted by atomic mass is 19.2. The number of nitrogens with zero attached hydrogens (tertiary/aromatic N) is 2. The smallest absolute Gasteiger partial charge is 0.242 e. The third kappa shape index (κ3) is 4.07. The Balaban J connectivity index is 2.05. The summed E-state index contributed by atoms with van der Waals surface area (Å²) >= 11 is 0. The van der Waals surface area contributed by atoms with Crippen LogP contribution in [0, 0.1) is 17.5 Å². The first-order chi connectivity index (χ1) is 11.3. The number of hydrogen-bond acceptors (Lipinski definition) is 2. The van der Waals surface area contributed by atoms with Crippen molar-refractivity contribution in [3.8, 4) is 0 Å². The molecule has 1 atom stereocenters. The van der Waals surface area contributed by atoms with Gasteiger partial charge in [-0.2, -0.15) is 0 Å². The van der Waals surface area contributed by atoms with Gasteiger partial charge in [-0.05, 0) is 48.9 Å². The lowest BCUT2D eigenvalue weighted by Gasteiger charge is -2.28. The minimum Gasteiger partial charge on any atom is -0.365 e. The molecule has 0 aliphatic rings. The van der Waals surface area contributed by atoms with Crippen LogP contribution in [0.2, 0.25) is 0 Å². The molecule has 0 bridgehead atoms. The molecule has 24 heavy (non-hydrogen) atoms. The molecule has 0 aliphatic heterocycles. The van der Waals surface area contributed by atoms with Crippen LogP contribution in [-0.2, 0) is 4.79 Å². The highest BCUT2D eigenvalue weighted by Gasteiger charge is 2.20. The molecule has 3 nitrogen and oxygen atoms in total. The van der Waals surface area contributed by atoms with Gasteiger partial charge in [0.15, 0.2) is 11.6 Å². The number of amides is 1. The van der Waals surface area contributed by atoms with E-state index in [9.17, 15) is 18.0 Å². The number of halogens is 3. The van der Waals surface area contributed by atoms with Gasteiger partial charge < -0.3 is 9.80 Å². The highest BCUT2D eigenvalue weighted by molar-refractivity contribution is 5.81. The van der Waals surface area contributed by atoms with Crippen molar-refractivity contribution in [3.63, 3.8) is 0 Å². The lowest BCUT2D eigenvalue weighted by molar-refractivity contribution is -0.130. The normalized spacial score (nSPS) is 11.9. The van der Waals surface area contributed by atoms with Gasteiger partial charge in [-0.3, -0.25) is 4.79 Å². The zero-order chi connectivity index (χ0) is 17.9. The van der Waals surface area contributed by atoms with Gasteiger partial charge in [0.25, 0.3) is 0 Å². The molecule has 1 amide bonds. The zero-order valence-corrected chi connectivity index (χ0v) is 13.8. The summed E-state index contributed by atoms with van der Waals surface area (Å²) in [4.78, 5) is 15.6. The molecule has 0 fully saturated rings. The number of likely N-dealkylation sites (N-methyl/N-ethyl adjacent to an activating group) is 2. The van der Waals surface area contributed by atoms with Crippen molar-refractivity contribution in [3.05, 3.63) is 65.5 Å². The van der Waals surface area contributed by atoms with Crippen LogP contribution in [0.5, 0.6) is 0 Å². The quantitative estimate of drug-likeness (QED) is 0.830. The standard InChI is InChI=1S/C18H19F3N2O/c1-12(13-4-9-16(20)17(21)10-13)23(3)18(24)11-22(2)15-7-5-14(19)6-8-15/h4-10,12H,11H2,1-3H3. The van der Waals surface area contributed by atoms with E-state index in [-0.39, 0.29) is 18.3 Å². The van der Waals surface area contributed by atoms with Gasteiger partial charge >= 0.3 is 0 Å². The summed E-state index contributed by atoms with van der Waals surface area (Å²) in [5.41, 5.74) is 1.22. The second kappa shape index (κ2) is 7.38. The molecule has 2 aromatic rings. The van der Waals surface area contributed by atoms with Crippen molar-refractivity contribution in [1.29, 1.82) is 0 Å². The van der Waals surface area contributed by atoms with Crippen molar-refractivity contribution in [1.82, 2.24) is 4.90 Å². The molecule has 0 aromatic heterocycles. The van der Waals surface area contributed by atoms with Gasteiger partial charge in [-0.1, -0.05) is 6.07 Å². The molecule has 6 heteroatoms. The maximum atomic E-state index is 13.4. The molecule has 0 saturated heterocycles. The van der Waals surface area contributed by atoms with E-state index >= 15 is 0 Å². The van der Waals surface area contributed by atoms with Gasteiger partial charge in [0.1, 0.15) is 5.82 Å². The van der Waals surface area contributed by atoms with Gasteiger partial charge in [0.2, 0.25) is 5.91 Å². The molecular weight excluding hydrogens is 317 g/mol. The van der Waals surface area contributed by atoms with Crippen LogP contribution in [0.3, 0.4) is 0 Å². The van der Waals surface area contributed by atoms with Gasteiger partial charge in [0, 0.05) is 19.8 Å². The summed E-state index contributed by atoms with van der Waals surface area (Å²) < 4.78 is 39.3. The summed E-state index contributed by atoms with van der Waals surface area (Å²) in [6, 6.07) is 9.00. The van der Waals surface area contributed by atoms with Crippen molar-refractivity contribution in [2.45, 2.75) is 13.0 Å². The van der Waals surface area contributed by atoms with E-state index in [4.69, 9.17) is 0 Å². The molecule has 0 aliphatic carbocycles. The molecule has 0 saturated carbocycles. The van der Waals surface area contributed by atoms with Crippen molar-refractivity contribution in [2.75, 3.05) is 25.5 Å². The molecular formula is C18H19F3N2O. The maximum Gasteiger partial charge on any atom is 0.242 e. The zero-order valence-electron chi connectivity index (χ0n) is 13.8. The van der Waals surface area contributed by atoms with E-state index in [1.54, 1.807) is 38.1 Å². The fraction of sp³-hybridized carbons (Fsp3) is 0.278. The number of hydrogen-bond donors (Lipinski definition) is 0. The number of carbonyl (C=O) groups excluding carboxylic acids is 1. The predicted molar refractivity (Wildman–Crippen MR) is 87.2 cm³/mol. The SMILES string of the molecule is CC(c1ccc(F)c(F)c1)N(C)C(=O)CN(C)c1ccc(F)cc1. The van der Waals surface area contributed by atoms with Crippen molar-refractivity contribution in [2.24, 2.45) is 0 Å². The Bertz CT molecular complexity index is 719. The Morgan fingerprint density at radius 3 is 2.21 bits per heavy atom. The molecule has 0 radical (unpaired) electrons. The summed E-state index contributed by atoms with van der Waals surface area (Å²) in [6.07, 6.45) is 0. The lowest BCUT2D eigenvalue weighted by atomic mass is 10.1. The number of carbonyl (C=O) groups is 1. The molecule has 128 valence electrons. The molecule has 1 unspecified atom stereocenters. The second-order valence-electron chi connectivity index (χ2n) is 5.69. The van der Waals surface area contributed by atoms with Crippen LogP contribution in [0.1, 0.15) is 18.5 Å². The summed E-state index contributed by atoms with van der Waals surface area (Å²) in [7, 11) is 3.33. The monoisotopic (exact) mass is 336 g/mol. The first kappa shape index (κ1) is 17.8. The Kier molecular flexibility index (Phi) is 5.49. The summed E-state index contributed by atoms with van der Waals surface area (Å²) in [6.45, 7) is 1.82. The van der Waals surface area contributed by atoms with Gasteiger partial charge in [-0.15, -0.1) is 0 Å².